The molecule has 1 heterocycles. The zero-order chi connectivity index (χ0) is 17.1. The standard InChI is InChI=1S/C17H10Cl2FNO3/c18-12-7-13(19)14(20)6-11(12)17(22)23-9-16-21-8-15(24-16)10-4-2-1-3-5-10/h1-8H,9H2. The summed E-state index contributed by atoms with van der Waals surface area (Å²) < 4.78 is 24.0. The van der Waals surface area contributed by atoms with Gasteiger partial charge in [0.1, 0.15) is 5.82 Å². The molecule has 0 aliphatic carbocycles. The molecule has 0 saturated carbocycles. The van der Waals surface area contributed by atoms with Crippen molar-refractivity contribution in [2.45, 2.75) is 6.61 Å². The zero-order valence-electron chi connectivity index (χ0n) is 12.1. The van der Waals surface area contributed by atoms with Crippen LogP contribution in [-0.4, -0.2) is 11.0 Å². The van der Waals surface area contributed by atoms with E-state index in [0.29, 0.717) is 5.76 Å². The average Bonchev–Trinajstić information content (AvgIpc) is 3.06. The molecule has 0 saturated heterocycles. The van der Waals surface area contributed by atoms with Gasteiger partial charge in [-0.3, -0.25) is 0 Å². The van der Waals surface area contributed by atoms with Crippen molar-refractivity contribution in [1.82, 2.24) is 4.98 Å². The van der Waals surface area contributed by atoms with Crippen LogP contribution in [0.25, 0.3) is 11.3 Å². The molecule has 3 rings (SSSR count). The Hall–Kier alpha value is -2.37. The Bertz CT molecular complexity index is 881. The molecule has 3 aromatic rings. The molecule has 0 unspecified atom stereocenters. The predicted octanol–water partition coefficient (Wildman–Crippen LogP) is 5.14. The number of nitrogens with zero attached hydrogens (tertiary/aromatic N) is 1. The van der Waals surface area contributed by atoms with Gasteiger partial charge in [-0.05, 0) is 12.1 Å². The average molecular weight is 366 g/mol. The van der Waals surface area contributed by atoms with Gasteiger partial charge in [0, 0.05) is 5.56 Å². The summed E-state index contributed by atoms with van der Waals surface area (Å²) in [6, 6.07) is 11.4. The lowest BCUT2D eigenvalue weighted by atomic mass is 10.2. The minimum atomic E-state index is -0.796. The second-order valence-corrected chi connectivity index (χ2v) is 5.62. The second kappa shape index (κ2) is 7.03. The Labute approximate surface area is 146 Å². The van der Waals surface area contributed by atoms with Crippen LogP contribution in [0, 0.1) is 5.82 Å². The maximum Gasteiger partial charge on any atom is 0.340 e. The van der Waals surface area contributed by atoms with Crippen molar-refractivity contribution in [1.29, 1.82) is 0 Å². The predicted molar refractivity (Wildman–Crippen MR) is 87.5 cm³/mol. The largest absolute Gasteiger partial charge is 0.452 e. The smallest absolute Gasteiger partial charge is 0.340 e. The summed E-state index contributed by atoms with van der Waals surface area (Å²) in [6.45, 7) is -0.202. The van der Waals surface area contributed by atoms with Crippen molar-refractivity contribution in [3.8, 4) is 11.3 Å². The van der Waals surface area contributed by atoms with Crippen LogP contribution < -0.4 is 0 Å². The third-order valence-electron chi connectivity index (χ3n) is 3.17. The van der Waals surface area contributed by atoms with Crippen LogP contribution >= 0.6 is 23.2 Å². The summed E-state index contributed by atoms with van der Waals surface area (Å²) in [5.41, 5.74) is 0.735. The fraction of sp³-hybridized carbons (Fsp3) is 0.0588. The minimum Gasteiger partial charge on any atom is -0.452 e. The Kier molecular flexibility index (Phi) is 4.83. The number of hydrogen-bond donors (Lipinski definition) is 0. The molecule has 4 nitrogen and oxygen atoms in total. The number of esters is 1. The van der Waals surface area contributed by atoms with E-state index >= 15 is 0 Å². The van der Waals surface area contributed by atoms with E-state index in [1.807, 2.05) is 30.3 Å². The Balaban J connectivity index is 1.69. The fourth-order valence-electron chi connectivity index (χ4n) is 2.00. The van der Waals surface area contributed by atoms with E-state index in [2.05, 4.69) is 4.98 Å². The van der Waals surface area contributed by atoms with Crippen LogP contribution in [0.15, 0.2) is 53.1 Å². The molecule has 7 heteroatoms. The molecule has 0 spiro atoms. The number of hydrogen-bond acceptors (Lipinski definition) is 4. The fourth-order valence-corrected chi connectivity index (χ4v) is 2.46. The Morgan fingerprint density at radius 2 is 1.92 bits per heavy atom. The molecular formula is C17H10Cl2FNO3. The van der Waals surface area contributed by atoms with Crippen molar-refractivity contribution in [3.63, 3.8) is 0 Å². The van der Waals surface area contributed by atoms with E-state index in [-0.39, 0.29) is 28.1 Å². The van der Waals surface area contributed by atoms with Crippen LogP contribution in [-0.2, 0) is 11.3 Å². The number of carbonyl (C=O) groups excluding carboxylic acids is 1. The van der Waals surface area contributed by atoms with Gasteiger partial charge in [-0.25, -0.2) is 14.2 Å². The van der Waals surface area contributed by atoms with E-state index in [1.165, 1.54) is 6.20 Å². The molecule has 122 valence electrons. The lowest BCUT2D eigenvalue weighted by molar-refractivity contribution is 0.0438. The number of benzene rings is 2. The van der Waals surface area contributed by atoms with Gasteiger partial charge >= 0.3 is 5.97 Å². The van der Waals surface area contributed by atoms with Gasteiger partial charge < -0.3 is 9.15 Å². The van der Waals surface area contributed by atoms with Crippen molar-refractivity contribution in [3.05, 3.63) is 76.0 Å². The summed E-state index contributed by atoms with van der Waals surface area (Å²) >= 11 is 11.5. The van der Waals surface area contributed by atoms with Crippen molar-refractivity contribution >= 4 is 29.2 Å². The molecule has 0 atom stereocenters. The highest BCUT2D eigenvalue weighted by molar-refractivity contribution is 6.36. The van der Waals surface area contributed by atoms with Crippen LogP contribution in [0.2, 0.25) is 10.0 Å². The van der Waals surface area contributed by atoms with Gasteiger partial charge in [-0.15, -0.1) is 0 Å². The highest BCUT2D eigenvalue weighted by Crippen LogP contribution is 2.25. The first-order valence-electron chi connectivity index (χ1n) is 6.86. The van der Waals surface area contributed by atoms with Crippen molar-refractivity contribution in [2.24, 2.45) is 0 Å². The van der Waals surface area contributed by atoms with Crippen LogP contribution in [0.5, 0.6) is 0 Å². The molecule has 0 N–H and O–H groups in total. The number of ether oxygens (including phenoxy) is 1. The van der Waals surface area contributed by atoms with Crippen LogP contribution in [0.3, 0.4) is 0 Å². The monoisotopic (exact) mass is 365 g/mol. The third kappa shape index (κ3) is 3.58. The third-order valence-corrected chi connectivity index (χ3v) is 3.77. The minimum absolute atomic E-state index is 0.00350. The molecule has 0 bridgehead atoms. The van der Waals surface area contributed by atoms with Crippen molar-refractivity contribution < 1.29 is 18.3 Å². The molecule has 0 radical (unpaired) electrons. The highest BCUT2D eigenvalue weighted by atomic mass is 35.5. The Morgan fingerprint density at radius 1 is 1.17 bits per heavy atom. The van der Waals surface area contributed by atoms with Gasteiger partial charge in [0.15, 0.2) is 12.4 Å². The molecule has 24 heavy (non-hydrogen) atoms. The number of oxazole rings is 1. The van der Waals surface area contributed by atoms with Gasteiger partial charge in [0.25, 0.3) is 0 Å². The van der Waals surface area contributed by atoms with E-state index in [0.717, 1.165) is 17.7 Å². The molecule has 2 aromatic carbocycles. The number of halogens is 3. The number of rotatable bonds is 4. The van der Waals surface area contributed by atoms with Gasteiger partial charge in [0.2, 0.25) is 5.89 Å². The van der Waals surface area contributed by atoms with Gasteiger partial charge in [-0.1, -0.05) is 53.5 Å². The molecule has 0 fully saturated rings. The SMILES string of the molecule is O=C(OCc1ncc(-c2ccccc2)o1)c1cc(F)c(Cl)cc1Cl. The molecule has 0 aliphatic heterocycles. The first kappa shape index (κ1) is 16.5. The molecule has 1 aromatic heterocycles. The lowest BCUT2D eigenvalue weighted by Gasteiger charge is -2.05. The van der Waals surface area contributed by atoms with Crippen LogP contribution in [0.1, 0.15) is 16.2 Å². The summed E-state index contributed by atoms with van der Waals surface area (Å²) in [6.07, 6.45) is 1.54. The zero-order valence-corrected chi connectivity index (χ0v) is 13.6. The van der Waals surface area contributed by atoms with Crippen molar-refractivity contribution in [2.75, 3.05) is 0 Å². The quantitative estimate of drug-likeness (QED) is 0.474. The van der Waals surface area contributed by atoms with E-state index < -0.39 is 11.8 Å². The topological polar surface area (TPSA) is 52.3 Å². The van der Waals surface area contributed by atoms with Gasteiger partial charge in [0.05, 0.1) is 21.8 Å². The van der Waals surface area contributed by atoms with Crippen LogP contribution in [0.4, 0.5) is 4.39 Å². The summed E-state index contributed by atoms with van der Waals surface area (Å²) in [5, 5.41) is -0.166. The molecule has 0 amide bonds. The normalized spacial score (nSPS) is 10.6. The maximum atomic E-state index is 13.4. The summed E-state index contributed by atoms with van der Waals surface area (Å²) in [4.78, 5) is 16.0. The first-order valence-corrected chi connectivity index (χ1v) is 7.62. The summed E-state index contributed by atoms with van der Waals surface area (Å²) in [7, 11) is 0. The summed E-state index contributed by atoms with van der Waals surface area (Å²) in [5.74, 6) is -0.782. The first-order chi connectivity index (χ1) is 11.5. The molecule has 0 aliphatic rings. The van der Waals surface area contributed by atoms with E-state index in [1.54, 1.807) is 0 Å². The maximum absolute atomic E-state index is 13.4. The van der Waals surface area contributed by atoms with E-state index in [9.17, 15) is 9.18 Å². The lowest BCUT2D eigenvalue weighted by Crippen LogP contribution is -2.06. The number of carbonyl (C=O) groups is 1. The number of aromatic nitrogens is 1. The molecular weight excluding hydrogens is 356 g/mol. The Morgan fingerprint density at radius 3 is 2.67 bits per heavy atom. The second-order valence-electron chi connectivity index (χ2n) is 4.81. The van der Waals surface area contributed by atoms with Gasteiger partial charge in [-0.2, -0.15) is 0 Å². The van der Waals surface area contributed by atoms with E-state index in [4.69, 9.17) is 32.4 Å². The highest BCUT2D eigenvalue weighted by Gasteiger charge is 2.17.